The fraction of sp³-hybridized carbons (Fsp3) is 0.368. The maximum Gasteiger partial charge on any atom is 0.303 e. The Morgan fingerprint density at radius 3 is 2.77 bits per heavy atom. The maximum atomic E-state index is 10.7. The van der Waals surface area contributed by atoms with Gasteiger partial charge in [-0.25, -0.2) is 9.97 Å². The lowest BCUT2D eigenvalue weighted by Gasteiger charge is -2.28. The Hall–Kier alpha value is -2.64. The van der Waals surface area contributed by atoms with E-state index in [1.807, 2.05) is 38.1 Å². The molecule has 138 valence electrons. The van der Waals surface area contributed by atoms with E-state index in [0.29, 0.717) is 24.2 Å². The Kier molecular flexibility index (Phi) is 6.54. The Labute approximate surface area is 152 Å². The van der Waals surface area contributed by atoms with Crippen LogP contribution in [-0.2, 0) is 11.2 Å². The number of aromatic nitrogens is 2. The second-order valence-electron chi connectivity index (χ2n) is 6.86. The first kappa shape index (κ1) is 19.7. The van der Waals surface area contributed by atoms with E-state index in [0.717, 1.165) is 11.1 Å². The lowest BCUT2D eigenvalue weighted by molar-refractivity contribution is -0.137. The van der Waals surface area contributed by atoms with Crippen molar-refractivity contribution in [1.29, 1.82) is 0 Å². The van der Waals surface area contributed by atoms with Crippen molar-refractivity contribution in [2.45, 2.75) is 44.9 Å². The molecule has 0 saturated carbocycles. The van der Waals surface area contributed by atoms with E-state index < -0.39 is 17.7 Å². The summed E-state index contributed by atoms with van der Waals surface area (Å²) in [5.74, 6) is -0.823. The molecule has 0 aliphatic heterocycles. The van der Waals surface area contributed by atoms with Gasteiger partial charge in [0, 0.05) is 23.7 Å². The molecule has 2 aromatic rings. The third kappa shape index (κ3) is 6.02. The Morgan fingerprint density at radius 1 is 1.35 bits per heavy atom. The van der Waals surface area contributed by atoms with Gasteiger partial charge in [-0.3, -0.25) is 15.5 Å². The molecule has 7 nitrogen and oxygen atoms in total. The number of hydrogen-bond donors (Lipinski definition) is 4. The van der Waals surface area contributed by atoms with Crippen LogP contribution in [0.1, 0.15) is 49.7 Å². The average Bonchev–Trinajstić information content (AvgIpc) is 2.60. The normalized spacial score (nSPS) is 12.6. The summed E-state index contributed by atoms with van der Waals surface area (Å²) in [5.41, 5.74) is 2.46. The maximum absolute atomic E-state index is 10.7. The summed E-state index contributed by atoms with van der Waals surface area (Å²) in [6.45, 7) is 3.89. The molecule has 26 heavy (non-hydrogen) atoms. The highest BCUT2D eigenvalue weighted by Crippen LogP contribution is 2.18. The Morgan fingerprint density at radius 2 is 2.12 bits per heavy atom. The summed E-state index contributed by atoms with van der Waals surface area (Å²) >= 11 is 0. The Bertz CT molecular complexity index is 762. The fourth-order valence-electron chi connectivity index (χ4n) is 2.71. The molecule has 5 N–H and O–H groups in total. The van der Waals surface area contributed by atoms with E-state index in [-0.39, 0.29) is 6.42 Å². The van der Waals surface area contributed by atoms with Crippen molar-refractivity contribution in [3.63, 3.8) is 0 Å². The number of nitrogens with one attached hydrogen (secondary N) is 1. The summed E-state index contributed by atoms with van der Waals surface area (Å²) in [7, 11) is 0. The van der Waals surface area contributed by atoms with Gasteiger partial charge in [0.05, 0.1) is 12.1 Å². The molecule has 2 rings (SSSR count). The molecule has 1 unspecified atom stereocenters. The van der Waals surface area contributed by atoms with Gasteiger partial charge in [-0.15, -0.1) is 0 Å². The largest absolute Gasteiger partial charge is 0.481 e. The zero-order valence-corrected chi connectivity index (χ0v) is 15.0. The van der Waals surface area contributed by atoms with Crippen LogP contribution in [-0.4, -0.2) is 37.4 Å². The molecule has 7 heteroatoms. The van der Waals surface area contributed by atoms with Gasteiger partial charge >= 0.3 is 5.97 Å². The van der Waals surface area contributed by atoms with E-state index in [1.54, 1.807) is 12.3 Å². The monoisotopic (exact) mass is 357 g/mol. The van der Waals surface area contributed by atoms with Crippen LogP contribution in [0.25, 0.3) is 0 Å². The third-order valence-electron chi connectivity index (χ3n) is 3.97. The molecule has 1 aromatic carbocycles. The topological polar surface area (TPSA) is 121 Å². The molecule has 0 radical (unpaired) electrons. The van der Waals surface area contributed by atoms with Crippen LogP contribution in [0.2, 0.25) is 0 Å². The summed E-state index contributed by atoms with van der Waals surface area (Å²) in [6.07, 6.45) is 3.08. The third-order valence-corrected chi connectivity index (χ3v) is 3.97. The number of aryl methyl sites for hydroxylation is 1. The van der Waals surface area contributed by atoms with Crippen molar-refractivity contribution >= 4 is 11.7 Å². The first-order valence-corrected chi connectivity index (χ1v) is 8.41. The van der Waals surface area contributed by atoms with Crippen LogP contribution in [0.5, 0.6) is 0 Å². The van der Waals surface area contributed by atoms with Gasteiger partial charge in [0.2, 0.25) is 0 Å². The molecule has 0 bridgehead atoms. The van der Waals surface area contributed by atoms with Crippen LogP contribution in [0.3, 0.4) is 0 Å². The number of aliphatic hydroxyl groups excluding tert-OH is 1. The highest BCUT2D eigenvalue weighted by Gasteiger charge is 2.27. The number of carboxylic acids is 1. The quantitative estimate of drug-likeness (QED) is 0.383. The number of nitrogens with zero attached hydrogens (tertiary/aromatic N) is 2. The Balaban J connectivity index is 2.01. The number of benzene rings is 1. The van der Waals surface area contributed by atoms with Gasteiger partial charge in [0.15, 0.2) is 5.71 Å². The van der Waals surface area contributed by atoms with E-state index in [2.05, 4.69) is 15.3 Å². The minimum absolute atomic E-state index is 0.0849. The molecule has 1 aromatic heterocycles. The smallest absolute Gasteiger partial charge is 0.303 e. The minimum Gasteiger partial charge on any atom is -0.481 e. The van der Waals surface area contributed by atoms with Crippen molar-refractivity contribution in [1.82, 2.24) is 15.3 Å². The first-order chi connectivity index (χ1) is 12.3. The molecular formula is C19H25N4O3+. The molecular weight excluding hydrogens is 332 g/mol. The fourth-order valence-corrected chi connectivity index (χ4v) is 2.71. The van der Waals surface area contributed by atoms with Crippen molar-refractivity contribution in [3.8, 4) is 0 Å². The number of hydrogen-bond acceptors (Lipinski definition) is 5. The highest BCUT2D eigenvalue weighted by molar-refractivity contribution is 5.96. The van der Waals surface area contributed by atoms with E-state index in [4.69, 9.17) is 10.5 Å². The van der Waals surface area contributed by atoms with Crippen LogP contribution in [0.15, 0.2) is 42.9 Å². The SMILES string of the molecule is CC(C)(CC(=[NH2+])c1cccc(CCC(=O)O)c1)NC(O)c1ccncn1. The highest BCUT2D eigenvalue weighted by atomic mass is 16.4. The number of nitrogens with two attached hydrogens (primary N) is 1. The van der Waals surface area contributed by atoms with E-state index in [1.165, 1.54) is 6.33 Å². The van der Waals surface area contributed by atoms with Gasteiger partial charge in [0.1, 0.15) is 12.6 Å². The lowest BCUT2D eigenvalue weighted by atomic mass is 9.92. The number of aliphatic hydroxyl groups is 1. The molecule has 1 atom stereocenters. The van der Waals surface area contributed by atoms with Crippen molar-refractivity contribution in [2.24, 2.45) is 0 Å². The van der Waals surface area contributed by atoms with Crippen LogP contribution >= 0.6 is 0 Å². The average molecular weight is 357 g/mol. The van der Waals surface area contributed by atoms with Gasteiger partial charge in [-0.1, -0.05) is 12.1 Å². The molecule has 0 saturated heterocycles. The molecule has 0 spiro atoms. The van der Waals surface area contributed by atoms with Crippen LogP contribution in [0.4, 0.5) is 0 Å². The molecule has 0 aliphatic carbocycles. The summed E-state index contributed by atoms with van der Waals surface area (Å²) in [5, 5.41) is 28.5. The molecule has 0 fully saturated rings. The number of aliphatic carboxylic acids is 1. The summed E-state index contributed by atoms with van der Waals surface area (Å²) in [4.78, 5) is 18.6. The van der Waals surface area contributed by atoms with Crippen LogP contribution < -0.4 is 10.7 Å². The van der Waals surface area contributed by atoms with Gasteiger partial charge < -0.3 is 10.2 Å². The van der Waals surface area contributed by atoms with Gasteiger partial charge in [-0.05, 0) is 44.0 Å². The van der Waals surface area contributed by atoms with Gasteiger partial charge in [-0.2, -0.15) is 0 Å². The van der Waals surface area contributed by atoms with Crippen molar-refractivity contribution in [2.75, 3.05) is 0 Å². The predicted molar refractivity (Wildman–Crippen MR) is 97.3 cm³/mol. The second kappa shape index (κ2) is 8.64. The minimum atomic E-state index is -0.928. The van der Waals surface area contributed by atoms with Crippen molar-refractivity contribution in [3.05, 3.63) is 59.7 Å². The van der Waals surface area contributed by atoms with Crippen LogP contribution in [0, 0.1) is 0 Å². The zero-order valence-electron chi connectivity index (χ0n) is 15.0. The number of carboxylic acid groups (broad SMARTS) is 1. The number of rotatable bonds is 9. The van der Waals surface area contributed by atoms with Gasteiger partial charge in [0.25, 0.3) is 0 Å². The second-order valence-corrected chi connectivity index (χ2v) is 6.86. The summed E-state index contributed by atoms with van der Waals surface area (Å²) < 4.78 is 0. The zero-order chi connectivity index (χ0) is 19.2. The molecule has 0 amide bonds. The van der Waals surface area contributed by atoms with E-state index in [9.17, 15) is 9.90 Å². The first-order valence-electron chi connectivity index (χ1n) is 8.41. The molecule has 1 heterocycles. The number of carbonyl (C=O) groups is 1. The lowest BCUT2D eigenvalue weighted by Crippen LogP contribution is -2.50. The van der Waals surface area contributed by atoms with Crippen molar-refractivity contribution < 1.29 is 20.4 Å². The summed E-state index contributed by atoms with van der Waals surface area (Å²) in [6, 6.07) is 9.22. The standard InChI is InChI=1S/C19H24N4O3/c1-19(2,23-18(26)16-8-9-21-12-22-16)11-15(20)14-5-3-4-13(10-14)6-7-17(24)25/h3-5,8-10,12,18,20,23,26H,6-7,11H2,1-2H3,(H,24,25)/p+1. The predicted octanol–water partition coefficient (Wildman–Crippen LogP) is 0.491. The molecule has 0 aliphatic rings. The van der Waals surface area contributed by atoms with E-state index >= 15 is 0 Å².